The van der Waals surface area contributed by atoms with Crippen molar-refractivity contribution in [2.24, 2.45) is 0 Å². The minimum atomic E-state index is 0.833. The monoisotopic (exact) mass is 211 g/mol. The standard InChI is InChI=1S/C15H17N/c1-12-4-2-3-5-14(12)9-6-13-7-10-15(16)11-8-13/h2-5,7-8,10-11H,6,9,16H2,1H3. The summed E-state index contributed by atoms with van der Waals surface area (Å²) in [5.74, 6) is 0. The van der Waals surface area contributed by atoms with Crippen molar-refractivity contribution >= 4 is 5.69 Å². The zero-order valence-corrected chi connectivity index (χ0v) is 9.61. The molecule has 1 heteroatoms. The van der Waals surface area contributed by atoms with E-state index in [9.17, 15) is 0 Å². The Bertz CT molecular complexity index is 457. The lowest BCUT2D eigenvalue weighted by molar-refractivity contribution is 0.949. The van der Waals surface area contributed by atoms with Crippen LogP contribution in [0.5, 0.6) is 0 Å². The number of hydrogen-bond donors (Lipinski definition) is 1. The van der Waals surface area contributed by atoms with Gasteiger partial charge in [0.15, 0.2) is 0 Å². The Morgan fingerprint density at radius 2 is 1.56 bits per heavy atom. The molecule has 82 valence electrons. The van der Waals surface area contributed by atoms with Gasteiger partial charge in [-0.25, -0.2) is 0 Å². The highest BCUT2D eigenvalue weighted by molar-refractivity contribution is 5.39. The highest BCUT2D eigenvalue weighted by Crippen LogP contribution is 2.12. The van der Waals surface area contributed by atoms with Gasteiger partial charge in [-0.2, -0.15) is 0 Å². The van der Waals surface area contributed by atoms with Crippen molar-refractivity contribution in [3.63, 3.8) is 0 Å². The third-order valence-corrected chi connectivity index (χ3v) is 2.92. The van der Waals surface area contributed by atoms with Gasteiger partial charge in [-0.3, -0.25) is 0 Å². The molecule has 0 fully saturated rings. The van der Waals surface area contributed by atoms with Gasteiger partial charge >= 0.3 is 0 Å². The molecule has 0 unspecified atom stereocenters. The van der Waals surface area contributed by atoms with Crippen LogP contribution in [0.3, 0.4) is 0 Å². The van der Waals surface area contributed by atoms with Gasteiger partial charge in [0.2, 0.25) is 0 Å². The van der Waals surface area contributed by atoms with Crippen LogP contribution in [-0.4, -0.2) is 0 Å². The van der Waals surface area contributed by atoms with Crippen LogP contribution < -0.4 is 5.73 Å². The maximum Gasteiger partial charge on any atom is 0.0314 e. The van der Waals surface area contributed by atoms with Gasteiger partial charge in [-0.1, -0.05) is 36.4 Å². The molecular weight excluding hydrogens is 194 g/mol. The van der Waals surface area contributed by atoms with Gasteiger partial charge in [0.25, 0.3) is 0 Å². The molecule has 0 bridgehead atoms. The quantitative estimate of drug-likeness (QED) is 0.774. The van der Waals surface area contributed by atoms with Crippen molar-refractivity contribution in [1.82, 2.24) is 0 Å². The zero-order valence-electron chi connectivity index (χ0n) is 9.61. The normalized spacial score (nSPS) is 10.3. The Balaban J connectivity index is 2.02. The summed E-state index contributed by atoms with van der Waals surface area (Å²) in [5.41, 5.74) is 10.6. The van der Waals surface area contributed by atoms with E-state index in [0.29, 0.717) is 0 Å². The van der Waals surface area contributed by atoms with Crippen LogP contribution in [0.1, 0.15) is 16.7 Å². The van der Waals surface area contributed by atoms with Gasteiger partial charge in [-0.15, -0.1) is 0 Å². The van der Waals surface area contributed by atoms with Gasteiger partial charge in [0, 0.05) is 5.69 Å². The minimum Gasteiger partial charge on any atom is -0.399 e. The van der Waals surface area contributed by atoms with E-state index >= 15 is 0 Å². The van der Waals surface area contributed by atoms with Crippen LogP contribution in [0.25, 0.3) is 0 Å². The number of hydrogen-bond acceptors (Lipinski definition) is 1. The molecule has 2 rings (SSSR count). The van der Waals surface area contributed by atoms with E-state index < -0.39 is 0 Å². The van der Waals surface area contributed by atoms with E-state index in [1.54, 1.807) is 0 Å². The molecular formula is C15H17N. The highest BCUT2D eigenvalue weighted by Gasteiger charge is 1.98. The highest BCUT2D eigenvalue weighted by atomic mass is 14.5. The lowest BCUT2D eigenvalue weighted by atomic mass is 10.0. The second kappa shape index (κ2) is 4.84. The Kier molecular flexibility index (Phi) is 3.25. The lowest BCUT2D eigenvalue weighted by Gasteiger charge is -2.05. The molecule has 0 aliphatic carbocycles. The van der Waals surface area contributed by atoms with E-state index in [4.69, 9.17) is 5.73 Å². The Hall–Kier alpha value is -1.76. The summed E-state index contributed by atoms with van der Waals surface area (Å²) in [6.07, 6.45) is 2.17. The fraction of sp³-hybridized carbons (Fsp3) is 0.200. The first-order valence-corrected chi connectivity index (χ1v) is 5.64. The van der Waals surface area contributed by atoms with Gasteiger partial charge in [-0.05, 0) is 48.6 Å². The van der Waals surface area contributed by atoms with E-state index in [1.165, 1.54) is 16.7 Å². The molecule has 0 saturated heterocycles. The van der Waals surface area contributed by atoms with Crippen LogP contribution in [0, 0.1) is 6.92 Å². The largest absolute Gasteiger partial charge is 0.399 e. The van der Waals surface area contributed by atoms with Crippen LogP contribution in [0.2, 0.25) is 0 Å². The molecule has 0 aliphatic rings. The predicted octanol–water partition coefficient (Wildman–Crippen LogP) is 3.36. The number of nitrogen functional groups attached to an aromatic ring is 1. The van der Waals surface area contributed by atoms with Crippen LogP contribution in [-0.2, 0) is 12.8 Å². The van der Waals surface area contributed by atoms with Crippen LogP contribution in [0.15, 0.2) is 48.5 Å². The van der Waals surface area contributed by atoms with Gasteiger partial charge in [0.1, 0.15) is 0 Å². The predicted molar refractivity (Wildman–Crippen MR) is 69.4 cm³/mol. The molecule has 1 nitrogen and oxygen atoms in total. The fourth-order valence-corrected chi connectivity index (χ4v) is 1.85. The van der Waals surface area contributed by atoms with Crippen molar-refractivity contribution in [2.45, 2.75) is 19.8 Å². The fourth-order valence-electron chi connectivity index (χ4n) is 1.85. The minimum absolute atomic E-state index is 0.833. The van der Waals surface area contributed by atoms with Crippen molar-refractivity contribution in [3.05, 3.63) is 65.2 Å². The van der Waals surface area contributed by atoms with Crippen LogP contribution >= 0.6 is 0 Å². The molecule has 0 heterocycles. The molecule has 2 aromatic carbocycles. The van der Waals surface area contributed by atoms with E-state index in [1.807, 2.05) is 12.1 Å². The van der Waals surface area contributed by atoms with Gasteiger partial charge in [0.05, 0.1) is 0 Å². The number of anilines is 1. The third kappa shape index (κ3) is 2.63. The second-order valence-electron chi connectivity index (χ2n) is 4.17. The molecule has 0 spiro atoms. The number of rotatable bonds is 3. The zero-order chi connectivity index (χ0) is 11.4. The van der Waals surface area contributed by atoms with Crippen molar-refractivity contribution in [2.75, 3.05) is 5.73 Å². The SMILES string of the molecule is Cc1ccccc1CCc1ccc(N)cc1. The molecule has 0 aromatic heterocycles. The number of benzene rings is 2. The topological polar surface area (TPSA) is 26.0 Å². The summed E-state index contributed by atoms with van der Waals surface area (Å²) in [5, 5.41) is 0. The average molecular weight is 211 g/mol. The van der Waals surface area contributed by atoms with Crippen LogP contribution in [0.4, 0.5) is 5.69 Å². The first-order chi connectivity index (χ1) is 7.75. The molecule has 0 saturated carbocycles. The smallest absolute Gasteiger partial charge is 0.0314 e. The van der Waals surface area contributed by atoms with Crippen molar-refractivity contribution < 1.29 is 0 Å². The summed E-state index contributed by atoms with van der Waals surface area (Å²) < 4.78 is 0. The molecule has 0 amide bonds. The number of aryl methyl sites for hydroxylation is 3. The molecule has 0 aliphatic heterocycles. The third-order valence-electron chi connectivity index (χ3n) is 2.92. The maximum atomic E-state index is 5.66. The molecule has 16 heavy (non-hydrogen) atoms. The first-order valence-electron chi connectivity index (χ1n) is 5.64. The molecule has 2 N–H and O–H groups in total. The van der Waals surface area contributed by atoms with Crippen molar-refractivity contribution in [3.8, 4) is 0 Å². The average Bonchev–Trinajstić information content (AvgIpc) is 2.30. The molecule has 0 radical (unpaired) electrons. The summed E-state index contributed by atoms with van der Waals surface area (Å²) >= 11 is 0. The van der Waals surface area contributed by atoms with Gasteiger partial charge < -0.3 is 5.73 Å². The summed E-state index contributed by atoms with van der Waals surface area (Å²) in [6.45, 7) is 2.16. The Labute approximate surface area is 96.9 Å². The van der Waals surface area contributed by atoms with E-state index in [0.717, 1.165) is 18.5 Å². The lowest BCUT2D eigenvalue weighted by Crippen LogP contribution is -1.94. The molecule has 2 aromatic rings. The van der Waals surface area contributed by atoms with E-state index in [-0.39, 0.29) is 0 Å². The summed E-state index contributed by atoms with van der Waals surface area (Å²) in [6, 6.07) is 16.7. The number of nitrogens with two attached hydrogens (primary N) is 1. The van der Waals surface area contributed by atoms with Crippen molar-refractivity contribution in [1.29, 1.82) is 0 Å². The Morgan fingerprint density at radius 1 is 0.875 bits per heavy atom. The van der Waals surface area contributed by atoms with E-state index in [2.05, 4.69) is 43.3 Å². The maximum absolute atomic E-state index is 5.66. The summed E-state index contributed by atoms with van der Waals surface area (Å²) in [7, 11) is 0. The first kappa shape index (κ1) is 10.7. The Morgan fingerprint density at radius 3 is 2.25 bits per heavy atom. The molecule has 0 atom stereocenters. The summed E-state index contributed by atoms with van der Waals surface area (Å²) in [4.78, 5) is 0. The second-order valence-corrected chi connectivity index (χ2v) is 4.17.